The zero-order valence-electron chi connectivity index (χ0n) is 8.19. The van der Waals surface area contributed by atoms with Crippen LogP contribution in [0.5, 0.6) is 0 Å². The molecule has 0 amide bonds. The number of terminal acetylenes is 1. The second-order valence-corrected chi connectivity index (χ2v) is 3.87. The molecule has 0 aromatic rings. The topological polar surface area (TPSA) is 12.0 Å². The zero-order chi connectivity index (χ0) is 9.03. The molecule has 1 aliphatic carbocycles. The van der Waals surface area contributed by atoms with Crippen molar-refractivity contribution >= 4 is 0 Å². The normalized spacial score (nSPS) is 23.4. The predicted molar refractivity (Wildman–Crippen MR) is 52.9 cm³/mol. The van der Waals surface area contributed by atoms with E-state index in [1.165, 1.54) is 32.1 Å². The van der Waals surface area contributed by atoms with Gasteiger partial charge in [0.2, 0.25) is 0 Å². The van der Waals surface area contributed by atoms with E-state index in [9.17, 15) is 0 Å². The average molecular weight is 165 g/mol. The van der Waals surface area contributed by atoms with Gasteiger partial charge in [-0.05, 0) is 26.2 Å². The first-order valence-corrected chi connectivity index (χ1v) is 4.96. The molecular formula is C11H19N. The minimum Gasteiger partial charge on any atom is -0.298 e. The van der Waals surface area contributed by atoms with Gasteiger partial charge in [0.05, 0.1) is 6.04 Å². The summed E-state index contributed by atoms with van der Waals surface area (Å²) in [5.41, 5.74) is 0.367. The fraction of sp³-hybridized carbons (Fsp3) is 0.818. The highest BCUT2D eigenvalue weighted by Crippen LogP contribution is 2.32. The average Bonchev–Trinajstić information content (AvgIpc) is 2.54. The molecule has 0 aromatic carbocycles. The second kappa shape index (κ2) is 3.96. The maximum Gasteiger partial charge on any atom is 0.0662 e. The first-order chi connectivity index (χ1) is 5.72. The number of hydrogen-bond acceptors (Lipinski definition) is 1. The van der Waals surface area contributed by atoms with E-state index in [2.05, 4.69) is 25.1 Å². The van der Waals surface area contributed by atoms with E-state index in [4.69, 9.17) is 6.42 Å². The Morgan fingerprint density at radius 2 is 2.08 bits per heavy atom. The van der Waals surface area contributed by atoms with Gasteiger partial charge in [0.15, 0.2) is 0 Å². The third kappa shape index (κ3) is 2.01. The van der Waals surface area contributed by atoms with Gasteiger partial charge in [0.1, 0.15) is 0 Å². The van der Waals surface area contributed by atoms with Crippen LogP contribution in [0.15, 0.2) is 0 Å². The highest BCUT2D eigenvalue weighted by atomic mass is 15.0. The van der Waals surface area contributed by atoms with Crippen LogP contribution in [0.4, 0.5) is 0 Å². The summed E-state index contributed by atoms with van der Waals surface area (Å²) in [4.78, 5) is 0. The van der Waals surface area contributed by atoms with E-state index < -0.39 is 0 Å². The van der Waals surface area contributed by atoms with Crippen LogP contribution in [-0.4, -0.2) is 11.6 Å². The summed E-state index contributed by atoms with van der Waals surface area (Å²) in [6, 6.07) is 0.225. The number of nitrogens with one attached hydrogen (secondary N) is 1. The molecule has 1 fully saturated rings. The quantitative estimate of drug-likeness (QED) is 0.633. The van der Waals surface area contributed by atoms with Crippen molar-refractivity contribution in [1.82, 2.24) is 5.32 Å². The minimum absolute atomic E-state index is 0.225. The molecule has 1 heteroatoms. The molecule has 0 heterocycles. The Kier molecular flexibility index (Phi) is 3.17. The van der Waals surface area contributed by atoms with Gasteiger partial charge in [-0.15, -0.1) is 6.42 Å². The molecule has 1 aliphatic rings. The van der Waals surface area contributed by atoms with Crippen molar-refractivity contribution in [2.75, 3.05) is 0 Å². The number of hydrogen-bond donors (Lipinski definition) is 1. The second-order valence-electron chi connectivity index (χ2n) is 3.87. The maximum absolute atomic E-state index is 5.35. The summed E-state index contributed by atoms with van der Waals surface area (Å²) < 4.78 is 0. The van der Waals surface area contributed by atoms with Crippen molar-refractivity contribution in [3.05, 3.63) is 0 Å². The Labute approximate surface area is 75.9 Å². The van der Waals surface area contributed by atoms with Crippen LogP contribution in [-0.2, 0) is 0 Å². The van der Waals surface area contributed by atoms with E-state index in [1.807, 2.05) is 0 Å². The van der Waals surface area contributed by atoms with Crippen LogP contribution in [0.3, 0.4) is 0 Å². The van der Waals surface area contributed by atoms with Crippen LogP contribution in [0.1, 0.15) is 46.0 Å². The summed E-state index contributed by atoms with van der Waals surface area (Å²) >= 11 is 0. The van der Waals surface area contributed by atoms with Crippen molar-refractivity contribution in [3.63, 3.8) is 0 Å². The summed E-state index contributed by atoms with van der Waals surface area (Å²) in [5.74, 6) is 2.74. The monoisotopic (exact) mass is 165 g/mol. The molecule has 0 spiro atoms. The molecule has 1 N–H and O–H groups in total. The lowest BCUT2D eigenvalue weighted by atomic mass is 9.93. The van der Waals surface area contributed by atoms with Gasteiger partial charge in [0, 0.05) is 5.54 Å². The molecule has 1 nitrogen and oxygen atoms in total. The van der Waals surface area contributed by atoms with E-state index in [0.717, 1.165) is 0 Å². The summed E-state index contributed by atoms with van der Waals surface area (Å²) in [6.45, 7) is 4.32. The fourth-order valence-electron chi connectivity index (χ4n) is 2.15. The van der Waals surface area contributed by atoms with Gasteiger partial charge < -0.3 is 0 Å². The first kappa shape index (κ1) is 9.61. The molecule has 1 rings (SSSR count). The van der Waals surface area contributed by atoms with Crippen molar-refractivity contribution < 1.29 is 0 Å². The molecule has 1 atom stereocenters. The first-order valence-electron chi connectivity index (χ1n) is 4.96. The zero-order valence-corrected chi connectivity index (χ0v) is 8.19. The third-order valence-corrected chi connectivity index (χ3v) is 3.01. The lowest BCUT2D eigenvalue weighted by Crippen LogP contribution is -2.46. The molecule has 12 heavy (non-hydrogen) atoms. The van der Waals surface area contributed by atoms with Crippen LogP contribution < -0.4 is 5.32 Å². The minimum atomic E-state index is 0.225. The lowest BCUT2D eigenvalue weighted by molar-refractivity contribution is 0.309. The van der Waals surface area contributed by atoms with Crippen molar-refractivity contribution in [2.45, 2.75) is 57.5 Å². The largest absolute Gasteiger partial charge is 0.298 e. The van der Waals surface area contributed by atoms with E-state index in [1.54, 1.807) is 0 Å². The molecular weight excluding hydrogens is 146 g/mol. The van der Waals surface area contributed by atoms with Gasteiger partial charge >= 0.3 is 0 Å². The molecule has 1 unspecified atom stereocenters. The Hall–Kier alpha value is -0.480. The smallest absolute Gasteiger partial charge is 0.0662 e. The highest BCUT2D eigenvalue weighted by Gasteiger charge is 2.32. The number of rotatable bonds is 3. The molecule has 68 valence electrons. The van der Waals surface area contributed by atoms with Crippen LogP contribution >= 0.6 is 0 Å². The standard InChI is InChI=1S/C11H19N/c1-4-10(3)12-11(5-2)8-6-7-9-11/h1,10,12H,5-9H2,2-3H3. The van der Waals surface area contributed by atoms with Gasteiger partial charge in [0.25, 0.3) is 0 Å². The van der Waals surface area contributed by atoms with Crippen molar-refractivity contribution in [1.29, 1.82) is 0 Å². The molecule has 0 aromatic heterocycles. The molecule has 0 saturated heterocycles. The van der Waals surface area contributed by atoms with Crippen LogP contribution in [0, 0.1) is 12.3 Å². The van der Waals surface area contributed by atoms with Crippen molar-refractivity contribution in [3.8, 4) is 12.3 Å². The van der Waals surface area contributed by atoms with Crippen LogP contribution in [0.25, 0.3) is 0 Å². The van der Waals surface area contributed by atoms with E-state index in [-0.39, 0.29) is 6.04 Å². The molecule has 0 radical (unpaired) electrons. The Balaban J connectivity index is 2.50. The van der Waals surface area contributed by atoms with Gasteiger partial charge in [-0.1, -0.05) is 25.7 Å². The summed E-state index contributed by atoms with van der Waals surface area (Å²) in [5, 5.41) is 3.56. The Morgan fingerprint density at radius 3 is 2.50 bits per heavy atom. The summed E-state index contributed by atoms with van der Waals surface area (Å²) in [7, 11) is 0. The Morgan fingerprint density at radius 1 is 1.50 bits per heavy atom. The van der Waals surface area contributed by atoms with E-state index in [0.29, 0.717) is 5.54 Å². The maximum atomic E-state index is 5.35. The Bertz CT molecular complexity index is 172. The van der Waals surface area contributed by atoms with E-state index >= 15 is 0 Å². The van der Waals surface area contributed by atoms with Gasteiger partial charge in [-0.3, -0.25) is 5.32 Å². The molecule has 0 bridgehead atoms. The van der Waals surface area contributed by atoms with Gasteiger partial charge in [-0.2, -0.15) is 0 Å². The summed E-state index contributed by atoms with van der Waals surface area (Å²) in [6.07, 6.45) is 11.9. The SMILES string of the molecule is C#CC(C)NC1(CC)CCCC1. The van der Waals surface area contributed by atoms with Gasteiger partial charge in [-0.25, -0.2) is 0 Å². The third-order valence-electron chi connectivity index (χ3n) is 3.01. The molecule has 0 aliphatic heterocycles. The highest BCUT2D eigenvalue weighted by molar-refractivity contribution is 5.02. The van der Waals surface area contributed by atoms with Crippen molar-refractivity contribution in [2.24, 2.45) is 0 Å². The van der Waals surface area contributed by atoms with Crippen LogP contribution in [0.2, 0.25) is 0 Å². The lowest BCUT2D eigenvalue weighted by Gasteiger charge is -2.31. The molecule has 1 saturated carbocycles. The fourth-order valence-corrected chi connectivity index (χ4v) is 2.15. The predicted octanol–water partition coefficient (Wildman–Crippen LogP) is 2.32.